The Morgan fingerprint density at radius 2 is 1.97 bits per heavy atom. The van der Waals surface area contributed by atoms with E-state index < -0.39 is 0 Å². The van der Waals surface area contributed by atoms with Gasteiger partial charge in [0.1, 0.15) is 17.4 Å². The van der Waals surface area contributed by atoms with E-state index in [4.69, 9.17) is 10.1 Å². The summed E-state index contributed by atoms with van der Waals surface area (Å²) >= 11 is 0. The fourth-order valence-corrected chi connectivity index (χ4v) is 3.74. The van der Waals surface area contributed by atoms with E-state index in [1.807, 2.05) is 43.7 Å². The summed E-state index contributed by atoms with van der Waals surface area (Å²) in [6.45, 7) is 4.64. The second-order valence-corrected chi connectivity index (χ2v) is 7.78. The van der Waals surface area contributed by atoms with Gasteiger partial charge < -0.3 is 19.3 Å². The van der Waals surface area contributed by atoms with Crippen LogP contribution in [0.5, 0.6) is 0 Å². The molecule has 4 rings (SSSR count). The van der Waals surface area contributed by atoms with Crippen molar-refractivity contribution in [1.82, 2.24) is 9.55 Å². The highest BCUT2D eigenvalue weighted by Gasteiger charge is 2.32. The zero-order chi connectivity index (χ0) is 22.1. The van der Waals surface area contributed by atoms with Crippen LogP contribution < -0.4 is 4.90 Å². The van der Waals surface area contributed by atoms with Crippen molar-refractivity contribution >= 4 is 34.1 Å². The first-order chi connectivity index (χ1) is 14.9. The molecule has 1 aromatic heterocycles. The molecule has 0 saturated heterocycles. The number of imidazole rings is 1. The van der Waals surface area contributed by atoms with E-state index in [1.54, 1.807) is 29.2 Å². The number of aliphatic hydroxyl groups excluding tert-OH is 1. The van der Waals surface area contributed by atoms with Crippen molar-refractivity contribution in [1.29, 1.82) is 5.41 Å². The number of carbonyl (C=O) groups excluding carboxylic acids is 1. The first-order valence-electron chi connectivity index (χ1n) is 10.4. The molecule has 31 heavy (non-hydrogen) atoms. The standard InChI is InChI=1S/C24H26N4O3/c1-4-5-12-31-24(30)16-7-9-17(10-8-16)28-14-20(29)21(22(28)25)23-26-18-13-15(2)6-11-19(18)27(23)3/h6-11,13,25,29H,4-5,12,14H2,1-3H3. The van der Waals surface area contributed by atoms with E-state index in [-0.39, 0.29) is 24.1 Å². The summed E-state index contributed by atoms with van der Waals surface area (Å²) in [5, 5.41) is 19.4. The lowest BCUT2D eigenvalue weighted by atomic mass is 10.2. The average Bonchev–Trinajstić information content (AvgIpc) is 3.23. The van der Waals surface area contributed by atoms with E-state index >= 15 is 0 Å². The number of aryl methyl sites for hydroxylation is 2. The zero-order valence-electron chi connectivity index (χ0n) is 18.0. The minimum atomic E-state index is -0.354. The number of hydrogen-bond donors (Lipinski definition) is 2. The van der Waals surface area contributed by atoms with Crippen LogP contribution in [0.25, 0.3) is 16.6 Å². The number of nitrogens with one attached hydrogen (secondary N) is 1. The number of carbonyl (C=O) groups is 1. The van der Waals surface area contributed by atoms with Crippen LogP contribution in [0.4, 0.5) is 5.69 Å². The van der Waals surface area contributed by atoms with Gasteiger partial charge in [-0.25, -0.2) is 9.78 Å². The second-order valence-electron chi connectivity index (χ2n) is 7.78. The van der Waals surface area contributed by atoms with E-state index in [0.717, 1.165) is 29.4 Å². The third kappa shape index (κ3) is 3.79. The van der Waals surface area contributed by atoms with Gasteiger partial charge in [0.15, 0.2) is 0 Å². The van der Waals surface area contributed by atoms with Crippen LogP contribution in [-0.2, 0) is 11.8 Å². The smallest absolute Gasteiger partial charge is 0.338 e. The van der Waals surface area contributed by atoms with Crippen LogP contribution in [0.2, 0.25) is 0 Å². The number of aromatic nitrogens is 2. The summed E-state index contributed by atoms with van der Waals surface area (Å²) in [6, 6.07) is 12.9. The number of rotatable bonds is 6. The van der Waals surface area contributed by atoms with Crippen LogP contribution in [0.3, 0.4) is 0 Å². The molecule has 160 valence electrons. The van der Waals surface area contributed by atoms with Crippen molar-refractivity contribution in [2.45, 2.75) is 26.7 Å². The highest BCUT2D eigenvalue weighted by molar-refractivity contribution is 6.30. The Bertz CT molecular complexity index is 1190. The van der Waals surface area contributed by atoms with Gasteiger partial charge in [0.2, 0.25) is 0 Å². The molecule has 0 aliphatic carbocycles. The number of aliphatic hydroxyl groups is 1. The molecule has 1 aliphatic heterocycles. The molecular weight excluding hydrogens is 392 g/mol. The molecule has 2 heterocycles. The second kappa shape index (κ2) is 8.26. The number of fused-ring (bicyclic) bond motifs is 1. The largest absolute Gasteiger partial charge is 0.509 e. The maximum absolute atomic E-state index is 12.1. The van der Waals surface area contributed by atoms with E-state index in [0.29, 0.717) is 29.3 Å². The fraction of sp³-hybridized carbons (Fsp3) is 0.292. The van der Waals surface area contributed by atoms with Crippen LogP contribution in [-0.4, -0.2) is 39.6 Å². The number of unbranched alkanes of at least 4 members (excludes halogenated alkanes) is 1. The summed E-state index contributed by atoms with van der Waals surface area (Å²) in [7, 11) is 1.88. The van der Waals surface area contributed by atoms with Gasteiger partial charge in [-0.15, -0.1) is 0 Å². The third-order valence-corrected chi connectivity index (χ3v) is 5.51. The molecule has 7 nitrogen and oxygen atoms in total. The van der Waals surface area contributed by atoms with Gasteiger partial charge in [0.25, 0.3) is 0 Å². The Labute approximate surface area is 181 Å². The van der Waals surface area contributed by atoms with Crippen molar-refractivity contribution in [2.24, 2.45) is 7.05 Å². The molecule has 0 bridgehead atoms. The first kappa shape index (κ1) is 20.7. The average molecular weight is 418 g/mol. The molecule has 0 spiro atoms. The Kier molecular flexibility index (Phi) is 5.50. The van der Waals surface area contributed by atoms with Crippen LogP contribution in [0, 0.1) is 12.3 Å². The lowest BCUT2D eigenvalue weighted by Gasteiger charge is -2.19. The summed E-state index contributed by atoms with van der Waals surface area (Å²) in [5.41, 5.74) is 4.47. The Hall–Kier alpha value is -3.61. The molecule has 2 aromatic carbocycles. The molecule has 0 saturated carbocycles. The number of ether oxygens (including phenoxy) is 1. The zero-order valence-corrected chi connectivity index (χ0v) is 18.0. The van der Waals surface area contributed by atoms with Gasteiger partial charge in [-0.05, 0) is 55.3 Å². The maximum atomic E-state index is 12.1. The highest BCUT2D eigenvalue weighted by atomic mass is 16.5. The molecule has 7 heteroatoms. The van der Waals surface area contributed by atoms with Crippen molar-refractivity contribution in [3.05, 3.63) is 65.2 Å². The normalized spacial score (nSPS) is 14.0. The van der Waals surface area contributed by atoms with Gasteiger partial charge in [0, 0.05) is 12.7 Å². The van der Waals surface area contributed by atoms with Gasteiger partial charge >= 0.3 is 5.97 Å². The minimum Gasteiger partial charge on any atom is -0.509 e. The number of hydrogen-bond acceptors (Lipinski definition) is 5. The van der Waals surface area contributed by atoms with Crippen LogP contribution in [0.15, 0.2) is 48.2 Å². The van der Waals surface area contributed by atoms with Gasteiger partial charge in [-0.2, -0.15) is 0 Å². The molecule has 1 aliphatic rings. The molecule has 0 amide bonds. The predicted octanol–water partition coefficient (Wildman–Crippen LogP) is 4.61. The summed E-state index contributed by atoms with van der Waals surface area (Å²) < 4.78 is 7.14. The topological polar surface area (TPSA) is 91.4 Å². The number of esters is 1. The van der Waals surface area contributed by atoms with Gasteiger partial charge in [-0.3, -0.25) is 5.41 Å². The van der Waals surface area contributed by atoms with E-state index in [9.17, 15) is 9.90 Å². The molecular formula is C24H26N4O3. The number of nitrogens with zero attached hydrogens (tertiary/aromatic N) is 3. The van der Waals surface area contributed by atoms with Crippen LogP contribution >= 0.6 is 0 Å². The van der Waals surface area contributed by atoms with Crippen molar-refractivity contribution in [3.63, 3.8) is 0 Å². The van der Waals surface area contributed by atoms with Gasteiger partial charge in [0.05, 0.1) is 35.3 Å². The van der Waals surface area contributed by atoms with Crippen molar-refractivity contribution in [3.8, 4) is 0 Å². The molecule has 3 aromatic rings. The predicted molar refractivity (Wildman–Crippen MR) is 122 cm³/mol. The molecule has 0 unspecified atom stereocenters. The molecule has 2 N–H and O–H groups in total. The molecule has 0 atom stereocenters. The van der Waals surface area contributed by atoms with Crippen LogP contribution in [0.1, 0.15) is 41.5 Å². The number of amidine groups is 1. The Morgan fingerprint density at radius 1 is 1.23 bits per heavy atom. The summed E-state index contributed by atoms with van der Waals surface area (Å²) in [6.07, 6.45) is 1.80. The third-order valence-electron chi connectivity index (χ3n) is 5.51. The Balaban J connectivity index is 1.57. The highest BCUT2D eigenvalue weighted by Crippen LogP contribution is 2.32. The Morgan fingerprint density at radius 3 is 2.68 bits per heavy atom. The molecule has 0 fully saturated rings. The summed E-state index contributed by atoms with van der Waals surface area (Å²) in [5.74, 6) is 0.476. The lowest BCUT2D eigenvalue weighted by Crippen LogP contribution is -2.26. The van der Waals surface area contributed by atoms with E-state index in [2.05, 4.69) is 4.98 Å². The van der Waals surface area contributed by atoms with Gasteiger partial charge in [-0.1, -0.05) is 19.4 Å². The first-order valence-corrected chi connectivity index (χ1v) is 10.4. The lowest BCUT2D eigenvalue weighted by molar-refractivity contribution is 0.0500. The van der Waals surface area contributed by atoms with Crippen molar-refractivity contribution in [2.75, 3.05) is 18.1 Å². The monoisotopic (exact) mass is 418 g/mol. The fourth-order valence-electron chi connectivity index (χ4n) is 3.74. The number of benzene rings is 2. The SMILES string of the molecule is CCCCOC(=O)c1ccc(N2CC(O)=C(c3nc4cc(C)ccc4n3C)C2=N)cc1. The van der Waals surface area contributed by atoms with E-state index in [1.165, 1.54) is 0 Å². The summed E-state index contributed by atoms with van der Waals surface area (Å²) in [4.78, 5) is 18.5. The van der Waals surface area contributed by atoms with Crippen molar-refractivity contribution < 1.29 is 14.6 Å². The quantitative estimate of drug-likeness (QED) is 0.451. The number of anilines is 1. The molecule has 0 radical (unpaired) electrons. The maximum Gasteiger partial charge on any atom is 0.338 e. The minimum absolute atomic E-state index is 0.100.